The number of thioether (sulfide) groups is 1. The van der Waals surface area contributed by atoms with Gasteiger partial charge in [-0.3, -0.25) is 77.4 Å². The molecule has 28 heteroatoms. The van der Waals surface area contributed by atoms with Crippen molar-refractivity contribution in [3.8, 4) is 18.1 Å². The van der Waals surface area contributed by atoms with E-state index in [-0.39, 0.29) is 68.6 Å². The van der Waals surface area contributed by atoms with Crippen LogP contribution in [0.4, 0.5) is 8.78 Å². The highest BCUT2D eigenvalue weighted by Crippen LogP contribution is 2.32. The maximum absolute atomic E-state index is 14.1. The fourth-order valence-corrected chi connectivity index (χ4v) is 13.2. The lowest BCUT2D eigenvalue weighted by atomic mass is 9.91. The van der Waals surface area contributed by atoms with Gasteiger partial charge in [-0.05, 0) is 100 Å². The lowest BCUT2D eigenvalue weighted by Crippen LogP contribution is -2.50. The van der Waals surface area contributed by atoms with Crippen LogP contribution in [0, 0.1) is 25.2 Å². The lowest BCUT2D eigenvalue weighted by Gasteiger charge is -2.33. The topological polar surface area (TPSA) is 290 Å². The molecule has 25 nitrogen and oxygen atoms in total. The number of nitrogens with zero attached hydrogens (tertiary/aromatic N) is 8. The van der Waals surface area contributed by atoms with Gasteiger partial charge < -0.3 is 45.1 Å². The molecular formula is C66H89F2N11O14S. The summed E-state index contributed by atoms with van der Waals surface area (Å²) < 4.78 is 44.1. The number of hydrogen-bond acceptors (Lipinski definition) is 19. The van der Waals surface area contributed by atoms with E-state index < -0.39 is 72.4 Å². The monoisotopic (exact) mass is 1330 g/mol. The van der Waals surface area contributed by atoms with Crippen molar-refractivity contribution in [3.05, 3.63) is 71.4 Å². The van der Waals surface area contributed by atoms with E-state index in [1.807, 2.05) is 21.6 Å². The largest absolute Gasteiger partial charge is 0.494 e. The summed E-state index contributed by atoms with van der Waals surface area (Å²) in [5.74, 6) is -3.66. The minimum absolute atomic E-state index is 0.00929. The number of fused-ring (bicyclic) bond motifs is 1. The number of aryl methyl sites for hydroxylation is 2. The van der Waals surface area contributed by atoms with Crippen molar-refractivity contribution < 1.29 is 76.0 Å². The number of carbonyl (C=O) groups excluding carboxylic acids is 9. The number of carboxylic acids is 1. The van der Waals surface area contributed by atoms with Gasteiger partial charge in [0.25, 0.3) is 24.8 Å². The number of imide groups is 1. The molecule has 0 saturated carbocycles. The predicted molar refractivity (Wildman–Crippen MR) is 345 cm³/mol. The first-order chi connectivity index (χ1) is 45.3. The number of likely N-dealkylation sites (tertiary alicyclic amines) is 3. The van der Waals surface area contributed by atoms with Gasteiger partial charge in [-0.1, -0.05) is 42.2 Å². The summed E-state index contributed by atoms with van der Waals surface area (Å²) in [5.41, 5.74) is 3.08. The van der Waals surface area contributed by atoms with Gasteiger partial charge in [0.15, 0.2) is 0 Å². The number of carboxylic acid groups (broad SMARTS) is 1. The van der Waals surface area contributed by atoms with Gasteiger partial charge in [0, 0.05) is 115 Å². The second-order valence-electron chi connectivity index (χ2n) is 24.4. The molecule has 94 heavy (non-hydrogen) atoms. The molecule has 2 aromatic carbocycles. The van der Waals surface area contributed by atoms with Crippen LogP contribution in [0.1, 0.15) is 98.5 Å². The van der Waals surface area contributed by atoms with Crippen molar-refractivity contribution in [3.63, 3.8) is 0 Å². The summed E-state index contributed by atoms with van der Waals surface area (Å²) >= 11 is 1.25. The second-order valence-corrected chi connectivity index (χ2v) is 25.6. The smallest absolute Gasteiger partial charge is 0.317 e. The number of aromatic nitrogens is 1. The van der Waals surface area contributed by atoms with Crippen molar-refractivity contribution >= 4 is 82.9 Å². The molecular weight excluding hydrogens is 1240 g/mol. The van der Waals surface area contributed by atoms with Crippen LogP contribution in [0.3, 0.4) is 0 Å². The Hall–Kier alpha value is -7.84. The molecule has 0 aliphatic carbocycles. The third-order valence-electron chi connectivity index (χ3n) is 17.3. The van der Waals surface area contributed by atoms with Gasteiger partial charge in [-0.25, -0.2) is 8.78 Å². The maximum Gasteiger partial charge on any atom is 0.317 e. The molecule has 512 valence electrons. The Morgan fingerprint density at radius 2 is 1.47 bits per heavy atom. The van der Waals surface area contributed by atoms with Gasteiger partial charge in [-0.2, -0.15) is 0 Å². The van der Waals surface area contributed by atoms with Crippen molar-refractivity contribution in [2.45, 2.75) is 114 Å². The number of piperidine rings is 1. The zero-order chi connectivity index (χ0) is 67.4. The zero-order valence-electron chi connectivity index (χ0n) is 53.6. The van der Waals surface area contributed by atoms with Crippen LogP contribution in [0.5, 0.6) is 5.75 Å². The molecule has 1 unspecified atom stereocenters. The Bertz CT molecular complexity index is 3100. The Balaban J connectivity index is 0.864. The Kier molecular flexibility index (Phi) is 29.7. The van der Waals surface area contributed by atoms with Gasteiger partial charge in [0.2, 0.25) is 35.4 Å². The summed E-state index contributed by atoms with van der Waals surface area (Å²) in [6, 6.07) is 13.4. The molecule has 1 aromatic heterocycles. The number of terminal acetylenes is 1. The van der Waals surface area contributed by atoms with Crippen LogP contribution < -0.4 is 20.7 Å². The number of unbranched alkanes of at least 4 members (excludes halogenated alkanes) is 2. The highest BCUT2D eigenvalue weighted by molar-refractivity contribution is 8.00. The van der Waals surface area contributed by atoms with E-state index in [0.29, 0.717) is 146 Å². The van der Waals surface area contributed by atoms with E-state index in [9.17, 15) is 61.8 Å². The Morgan fingerprint density at radius 3 is 2.13 bits per heavy atom. The van der Waals surface area contributed by atoms with Crippen molar-refractivity contribution in [2.24, 2.45) is 5.92 Å². The number of aliphatic carboxylic acids is 1. The molecule has 4 fully saturated rings. The lowest BCUT2D eigenvalue weighted by molar-refractivity contribution is -0.146. The average molecular weight is 1330 g/mol. The number of ether oxygens (including phenoxy) is 3. The molecule has 7 amide bonds. The second kappa shape index (κ2) is 37.9. The van der Waals surface area contributed by atoms with Crippen LogP contribution >= 0.6 is 11.8 Å². The third kappa shape index (κ3) is 24.2. The van der Waals surface area contributed by atoms with E-state index in [0.717, 1.165) is 48.3 Å². The number of hydrogen-bond donors (Lipinski definition) is 4. The molecule has 3 aromatic rings. The van der Waals surface area contributed by atoms with Crippen LogP contribution in [-0.4, -0.2) is 258 Å². The first kappa shape index (κ1) is 73.6. The summed E-state index contributed by atoms with van der Waals surface area (Å²) in [4.78, 5) is 143. The summed E-state index contributed by atoms with van der Waals surface area (Å²) in [7, 11) is 0. The van der Waals surface area contributed by atoms with E-state index >= 15 is 0 Å². The van der Waals surface area contributed by atoms with Crippen molar-refractivity contribution in [1.29, 1.82) is 0 Å². The van der Waals surface area contributed by atoms with E-state index in [4.69, 9.17) is 20.6 Å². The standard InChI is InChI=1S/C66H89F2N11O14S/c1-3-52-37-66(67,68)43-79(52)61(85)38-71-64(89)54-19-23-69-56-18-17-53(35-55(54)56)93-34-7-5-9-50-20-24-77(25-21-50)62(86)40-78-60(84)36-57(65(78)90)94-42-51(11-4-6-22-70-58(82)12-8-10-49-15-13-48(2)14-16-49)72-59(83)39-73-26-27-74(41-63(87)88)29-31-76(45-92-47-81)33-32-75(30-28-73)44-91-46-80/h1,13-19,23,35,46-47,50-52,57H,4-12,20-22,24-34,36-45H2,2H3,(H,70,82)(H,71,89)(H,72,83)(H,87,88)/t51-,52-,57?/m0/s1. The van der Waals surface area contributed by atoms with E-state index in [1.54, 1.807) is 28.0 Å². The SMILES string of the molecule is C#C[C@H]1CC(F)(F)CN1C(=O)CNC(=O)c1ccnc2ccc(OCCCCC3CCN(C(=O)CN4C(=O)CC(SC[C@H](CCCCNC(=O)CCCc5ccc(C)cc5)NC(=O)CN5CCN(COC=O)CCN(COC=O)CCN(CC(=O)O)CC5)C4=O)CC3)cc12. The Morgan fingerprint density at radius 1 is 0.798 bits per heavy atom. The number of amides is 7. The fourth-order valence-electron chi connectivity index (χ4n) is 11.9. The average Bonchev–Trinajstić information content (AvgIpc) is 1.14. The van der Waals surface area contributed by atoms with E-state index in [1.165, 1.54) is 35.2 Å². The van der Waals surface area contributed by atoms with Crippen LogP contribution in [0.25, 0.3) is 10.9 Å². The number of alkyl halides is 2. The highest BCUT2D eigenvalue weighted by Gasteiger charge is 2.46. The number of rotatable bonds is 34. The molecule has 4 aliphatic heterocycles. The van der Waals surface area contributed by atoms with E-state index in [2.05, 4.69) is 51.1 Å². The van der Waals surface area contributed by atoms with Crippen LogP contribution in [0.2, 0.25) is 0 Å². The highest BCUT2D eigenvalue weighted by atomic mass is 32.2. The first-order valence-corrected chi connectivity index (χ1v) is 33.3. The van der Waals surface area contributed by atoms with Gasteiger partial charge >= 0.3 is 5.97 Å². The number of halogens is 2. The van der Waals surface area contributed by atoms with Gasteiger partial charge in [0.1, 0.15) is 25.8 Å². The molecule has 4 aliphatic rings. The van der Waals surface area contributed by atoms with Gasteiger partial charge in [0.05, 0.1) is 55.2 Å². The first-order valence-electron chi connectivity index (χ1n) is 32.3. The summed E-state index contributed by atoms with van der Waals surface area (Å²) in [5, 5.41) is 18.1. The number of carbonyl (C=O) groups is 10. The summed E-state index contributed by atoms with van der Waals surface area (Å²) in [6.45, 7) is 5.29. The zero-order valence-corrected chi connectivity index (χ0v) is 54.4. The minimum Gasteiger partial charge on any atom is -0.494 e. The fraction of sp³-hybridized carbons (Fsp3) is 0.591. The Labute approximate surface area is 551 Å². The minimum atomic E-state index is -3.10. The van der Waals surface area contributed by atoms with Crippen molar-refractivity contribution in [1.82, 2.24) is 55.2 Å². The molecule has 4 N–H and O–H groups in total. The van der Waals surface area contributed by atoms with Crippen molar-refractivity contribution in [2.75, 3.05) is 131 Å². The number of benzene rings is 2. The van der Waals surface area contributed by atoms with Crippen LogP contribution in [0.15, 0.2) is 54.7 Å². The van der Waals surface area contributed by atoms with Crippen LogP contribution in [-0.2, 0) is 59.0 Å². The normalized spacial score (nSPS) is 19.1. The molecule has 7 rings (SSSR count). The molecule has 0 radical (unpaired) electrons. The summed E-state index contributed by atoms with van der Waals surface area (Å²) in [6.07, 6.45) is 13.7. The quantitative estimate of drug-likeness (QED) is 0.0289. The number of nitrogens with one attached hydrogen (secondary N) is 3. The molecule has 0 spiro atoms. The third-order valence-corrected chi connectivity index (χ3v) is 18.7. The molecule has 5 heterocycles. The van der Waals surface area contributed by atoms with Gasteiger partial charge in [-0.15, -0.1) is 18.2 Å². The maximum atomic E-state index is 14.1. The number of pyridine rings is 1. The molecule has 4 saturated heterocycles. The molecule has 3 atom stereocenters. The molecule has 0 bridgehead atoms. The predicted octanol–water partition coefficient (Wildman–Crippen LogP) is 3.15.